The summed E-state index contributed by atoms with van der Waals surface area (Å²) >= 11 is 0.398. The molecule has 0 aliphatic carbocycles. The van der Waals surface area contributed by atoms with E-state index < -0.39 is 34.3 Å². The number of sulfonamides is 1. The first kappa shape index (κ1) is 23.8. The molecular formula is C19H20F2N2O5S2. The average molecular weight is 459 g/mol. The Bertz CT molecular complexity index is 965. The summed E-state index contributed by atoms with van der Waals surface area (Å²) in [5.41, 5.74) is 1.14. The van der Waals surface area contributed by atoms with Crippen LogP contribution in [-0.2, 0) is 30.8 Å². The number of benzene rings is 2. The summed E-state index contributed by atoms with van der Waals surface area (Å²) in [4.78, 5) is 24.1. The van der Waals surface area contributed by atoms with E-state index in [9.17, 15) is 26.8 Å². The standard InChI is InChI=1S/C19H20F2N2O5S2/c1-22-30(26,27)16-9-2-13(3-10-16)4-11-18(25)28-12-17(24)23-14-5-7-15(8-6-14)29-19(20)21/h2-3,5-10,19,22H,4,11-12H2,1H3,(H,23,24). The van der Waals surface area contributed by atoms with Gasteiger partial charge in [0.1, 0.15) is 0 Å². The topological polar surface area (TPSA) is 102 Å². The van der Waals surface area contributed by atoms with E-state index in [0.29, 0.717) is 28.8 Å². The molecule has 0 heterocycles. The average Bonchev–Trinajstić information content (AvgIpc) is 2.72. The van der Waals surface area contributed by atoms with Gasteiger partial charge in [-0.25, -0.2) is 13.1 Å². The van der Waals surface area contributed by atoms with Crippen LogP contribution in [0.2, 0.25) is 0 Å². The Balaban J connectivity index is 1.74. The molecule has 162 valence electrons. The van der Waals surface area contributed by atoms with Gasteiger partial charge in [0.25, 0.3) is 11.7 Å². The second kappa shape index (κ2) is 11.0. The first-order valence-corrected chi connectivity index (χ1v) is 11.1. The Morgan fingerprint density at radius 2 is 1.70 bits per heavy atom. The van der Waals surface area contributed by atoms with Gasteiger partial charge in [-0.05, 0) is 55.4 Å². The van der Waals surface area contributed by atoms with E-state index in [1.807, 2.05) is 0 Å². The lowest BCUT2D eigenvalue weighted by Crippen LogP contribution is -2.21. The van der Waals surface area contributed by atoms with Crippen molar-refractivity contribution in [2.24, 2.45) is 0 Å². The van der Waals surface area contributed by atoms with Crippen LogP contribution in [0.15, 0.2) is 58.3 Å². The molecule has 0 radical (unpaired) electrons. The number of carbonyl (C=O) groups is 2. The predicted octanol–water partition coefficient (Wildman–Crippen LogP) is 3.02. The maximum absolute atomic E-state index is 12.3. The minimum absolute atomic E-state index is 0.0188. The fraction of sp³-hybridized carbons (Fsp3) is 0.263. The maximum atomic E-state index is 12.3. The molecule has 0 bridgehead atoms. The van der Waals surface area contributed by atoms with E-state index in [4.69, 9.17) is 4.74 Å². The molecule has 0 fully saturated rings. The quantitative estimate of drug-likeness (QED) is 0.419. The van der Waals surface area contributed by atoms with Gasteiger partial charge in [0.05, 0.1) is 4.90 Å². The summed E-state index contributed by atoms with van der Waals surface area (Å²) in [7, 11) is -2.20. The highest BCUT2D eigenvalue weighted by molar-refractivity contribution is 7.99. The third-order valence-corrected chi connectivity index (χ3v) is 6.00. The fourth-order valence-corrected chi connectivity index (χ4v) is 3.56. The van der Waals surface area contributed by atoms with E-state index in [2.05, 4.69) is 10.0 Å². The zero-order valence-corrected chi connectivity index (χ0v) is 17.6. The Labute approximate surface area is 177 Å². The van der Waals surface area contributed by atoms with Crippen LogP contribution in [0, 0.1) is 0 Å². The molecule has 0 unspecified atom stereocenters. The van der Waals surface area contributed by atoms with Crippen molar-refractivity contribution in [2.75, 3.05) is 19.0 Å². The molecule has 30 heavy (non-hydrogen) atoms. The van der Waals surface area contributed by atoms with Crippen molar-refractivity contribution < 1.29 is 31.5 Å². The van der Waals surface area contributed by atoms with Crippen LogP contribution in [0.4, 0.5) is 14.5 Å². The lowest BCUT2D eigenvalue weighted by molar-refractivity contribution is -0.147. The summed E-state index contributed by atoms with van der Waals surface area (Å²) in [5, 5.41) is 2.50. The van der Waals surface area contributed by atoms with Crippen LogP contribution >= 0.6 is 11.8 Å². The molecule has 7 nitrogen and oxygen atoms in total. The molecule has 2 aromatic carbocycles. The Morgan fingerprint density at radius 1 is 1.07 bits per heavy atom. The normalized spacial score (nSPS) is 11.3. The first-order valence-electron chi connectivity index (χ1n) is 8.72. The zero-order valence-electron chi connectivity index (χ0n) is 15.9. The molecule has 11 heteroatoms. The lowest BCUT2D eigenvalue weighted by atomic mass is 10.1. The SMILES string of the molecule is CNS(=O)(=O)c1ccc(CCC(=O)OCC(=O)Nc2ccc(SC(F)F)cc2)cc1. The molecule has 2 aromatic rings. The number of thioether (sulfide) groups is 1. The van der Waals surface area contributed by atoms with Crippen LogP contribution in [0.5, 0.6) is 0 Å². The number of hydrogen-bond acceptors (Lipinski definition) is 6. The largest absolute Gasteiger partial charge is 0.456 e. The van der Waals surface area contributed by atoms with Gasteiger partial charge < -0.3 is 10.1 Å². The summed E-state index contributed by atoms with van der Waals surface area (Å²) in [6.07, 6.45) is 0.342. The number of amides is 1. The van der Waals surface area contributed by atoms with Gasteiger partial charge in [-0.15, -0.1) is 0 Å². The second-order valence-electron chi connectivity index (χ2n) is 5.96. The van der Waals surface area contributed by atoms with Crippen molar-refractivity contribution in [3.8, 4) is 0 Å². The summed E-state index contributed by atoms with van der Waals surface area (Å²) in [5.74, 6) is -3.66. The number of halogens is 2. The second-order valence-corrected chi connectivity index (χ2v) is 8.91. The van der Waals surface area contributed by atoms with E-state index in [1.54, 1.807) is 12.1 Å². The van der Waals surface area contributed by atoms with Crippen molar-refractivity contribution in [1.29, 1.82) is 0 Å². The molecule has 0 aliphatic rings. The predicted molar refractivity (Wildman–Crippen MR) is 109 cm³/mol. The lowest BCUT2D eigenvalue weighted by Gasteiger charge is -2.08. The Morgan fingerprint density at radius 3 is 2.27 bits per heavy atom. The minimum atomic E-state index is -3.52. The van der Waals surface area contributed by atoms with Gasteiger partial charge in [0.15, 0.2) is 6.61 Å². The van der Waals surface area contributed by atoms with Crippen LogP contribution in [0.3, 0.4) is 0 Å². The van der Waals surface area contributed by atoms with Gasteiger partial charge in [0, 0.05) is 17.0 Å². The molecule has 0 spiro atoms. The number of anilines is 1. The Kier molecular flexibility index (Phi) is 8.75. The third-order valence-electron chi connectivity index (χ3n) is 3.85. The Hall–Kier alpha value is -2.50. The highest BCUT2D eigenvalue weighted by Crippen LogP contribution is 2.26. The van der Waals surface area contributed by atoms with E-state index in [1.165, 1.54) is 43.4 Å². The number of rotatable bonds is 10. The molecule has 1 amide bonds. The molecule has 0 atom stereocenters. The third kappa shape index (κ3) is 7.73. The van der Waals surface area contributed by atoms with Gasteiger partial charge in [0.2, 0.25) is 10.0 Å². The monoisotopic (exact) mass is 458 g/mol. The molecule has 0 saturated carbocycles. The van der Waals surface area contributed by atoms with Crippen molar-refractivity contribution in [3.63, 3.8) is 0 Å². The van der Waals surface area contributed by atoms with Crippen LogP contribution in [0.25, 0.3) is 0 Å². The highest BCUT2D eigenvalue weighted by atomic mass is 32.2. The number of esters is 1. The summed E-state index contributed by atoms with van der Waals surface area (Å²) < 4.78 is 55.0. The van der Waals surface area contributed by atoms with Gasteiger partial charge in [-0.3, -0.25) is 9.59 Å². The number of carbonyl (C=O) groups excluding carboxylic acids is 2. The van der Waals surface area contributed by atoms with Crippen LogP contribution in [0.1, 0.15) is 12.0 Å². The van der Waals surface area contributed by atoms with Crippen molar-refractivity contribution in [2.45, 2.75) is 28.4 Å². The zero-order chi connectivity index (χ0) is 22.1. The minimum Gasteiger partial charge on any atom is -0.456 e. The highest BCUT2D eigenvalue weighted by Gasteiger charge is 2.12. The number of nitrogens with one attached hydrogen (secondary N) is 2. The summed E-state index contributed by atoms with van der Waals surface area (Å²) in [6, 6.07) is 11.9. The van der Waals surface area contributed by atoms with E-state index >= 15 is 0 Å². The number of aryl methyl sites for hydroxylation is 1. The van der Waals surface area contributed by atoms with Crippen LogP contribution < -0.4 is 10.0 Å². The molecule has 0 aromatic heterocycles. The summed E-state index contributed by atoms with van der Waals surface area (Å²) in [6.45, 7) is -0.480. The van der Waals surface area contributed by atoms with E-state index in [0.717, 1.165) is 5.56 Å². The molecule has 0 aliphatic heterocycles. The molecule has 2 N–H and O–H groups in total. The molecule has 0 saturated heterocycles. The fourth-order valence-electron chi connectivity index (χ4n) is 2.33. The first-order chi connectivity index (χ1) is 14.2. The van der Waals surface area contributed by atoms with Crippen molar-refractivity contribution in [1.82, 2.24) is 4.72 Å². The van der Waals surface area contributed by atoms with Gasteiger partial charge in [-0.1, -0.05) is 23.9 Å². The number of ether oxygens (including phenoxy) is 1. The number of alkyl halides is 2. The van der Waals surface area contributed by atoms with Crippen molar-refractivity contribution >= 4 is 39.3 Å². The van der Waals surface area contributed by atoms with Crippen molar-refractivity contribution in [3.05, 3.63) is 54.1 Å². The number of hydrogen-bond donors (Lipinski definition) is 2. The molecular weight excluding hydrogens is 438 g/mol. The van der Waals surface area contributed by atoms with Gasteiger partial charge >= 0.3 is 5.97 Å². The smallest absolute Gasteiger partial charge is 0.306 e. The van der Waals surface area contributed by atoms with E-state index in [-0.39, 0.29) is 11.3 Å². The van der Waals surface area contributed by atoms with Crippen LogP contribution in [-0.4, -0.2) is 39.7 Å². The van der Waals surface area contributed by atoms with Gasteiger partial charge in [-0.2, -0.15) is 8.78 Å². The maximum Gasteiger partial charge on any atom is 0.306 e. The molecule has 2 rings (SSSR count).